The third kappa shape index (κ3) is 5.16. The Morgan fingerprint density at radius 1 is 1.27 bits per heavy atom. The second-order valence-electron chi connectivity index (χ2n) is 4.11. The summed E-state index contributed by atoms with van der Waals surface area (Å²) in [5, 5.41) is 0. The summed E-state index contributed by atoms with van der Waals surface area (Å²) >= 11 is 0. The van der Waals surface area contributed by atoms with Gasteiger partial charge in [-0.2, -0.15) is 0 Å². The van der Waals surface area contributed by atoms with Crippen LogP contribution in [0, 0.1) is 5.41 Å². The molecule has 0 saturated carbocycles. The molecular weight excluding hydrogens is 216 g/mol. The van der Waals surface area contributed by atoms with Crippen LogP contribution in [-0.4, -0.2) is 32.5 Å². The number of hydrogen-bond acceptors (Lipinski definition) is 4. The summed E-state index contributed by atoms with van der Waals surface area (Å²) in [5.74, 6) is -0.340. The van der Waals surface area contributed by atoms with Crippen molar-refractivity contribution in [2.75, 3.05) is 18.1 Å². The van der Waals surface area contributed by atoms with Gasteiger partial charge in [0.25, 0.3) is 0 Å². The second kappa shape index (κ2) is 5.49. The summed E-state index contributed by atoms with van der Waals surface area (Å²) in [4.78, 5) is 11.5. The van der Waals surface area contributed by atoms with Crippen LogP contribution in [0.25, 0.3) is 0 Å². The minimum absolute atomic E-state index is 0.0432. The van der Waals surface area contributed by atoms with Crippen molar-refractivity contribution in [2.24, 2.45) is 5.41 Å². The van der Waals surface area contributed by atoms with E-state index in [0.717, 1.165) is 0 Å². The van der Waals surface area contributed by atoms with E-state index in [4.69, 9.17) is 4.74 Å². The summed E-state index contributed by atoms with van der Waals surface area (Å²) in [6, 6.07) is 0. The zero-order chi connectivity index (χ0) is 12.1. The van der Waals surface area contributed by atoms with Gasteiger partial charge >= 0.3 is 5.97 Å². The van der Waals surface area contributed by atoms with Crippen LogP contribution in [0.2, 0.25) is 0 Å². The summed E-state index contributed by atoms with van der Waals surface area (Å²) in [7, 11) is -3.04. The number of ether oxygens (including phenoxy) is 1. The highest BCUT2D eigenvalue weighted by atomic mass is 32.2. The third-order valence-corrected chi connectivity index (χ3v) is 4.17. The highest BCUT2D eigenvalue weighted by molar-refractivity contribution is 7.91. The Hall–Kier alpha value is -0.580. The van der Waals surface area contributed by atoms with Crippen LogP contribution >= 0.6 is 0 Å². The molecule has 0 aliphatic carbocycles. The number of sulfone groups is 1. The minimum Gasteiger partial charge on any atom is -0.464 e. The predicted octanol–water partition coefficient (Wildman–Crippen LogP) is 1.40. The smallest absolute Gasteiger partial charge is 0.311 e. The van der Waals surface area contributed by atoms with Crippen molar-refractivity contribution in [2.45, 2.75) is 34.1 Å². The first-order valence-corrected chi connectivity index (χ1v) is 6.95. The Kier molecular flexibility index (Phi) is 5.28. The highest BCUT2D eigenvalue weighted by Crippen LogP contribution is 2.21. The lowest BCUT2D eigenvalue weighted by Crippen LogP contribution is -2.28. The largest absolute Gasteiger partial charge is 0.464 e. The fourth-order valence-corrected chi connectivity index (χ4v) is 1.37. The summed E-state index contributed by atoms with van der Waals surface area (Å²) in [6.07, 6.45) is 0.673. The molecule has 0 fully saturated rings. The van der Waals surface area contributed by atoms with Crippen molar-refractivity contribution >= 4 is 15.8 Å². The molecular formula is C10H20O4S. The summed E-state index contributed by atoms with van der Waals surface area (Å²) < 4.78 is 27.1. The molecule has 90 valence electrons. The first kappa shape index (κ1) is 14.4. The fraction of sp³-hybridized carbons (Fsp3) is 0.900. The SMILES string of the molecule is CCC(C)(C)C(=O)OCCS(=O)(=O)CC. The molecule has 0 rings (SSSR count). The topological polar surface area (TPSA) is 60.4 Å². The van der Waals surface area contributed by atoms with E-state index in [1.807, 2.05) is 6.92 Å². The van der Waals surface area contributed by atoms with E-state index in [2.05, 4.69) is 0 Å². The van der Waals surface area contributed by atoms with E-state index in [1.165, 1.54) is 0 Å². The molecule has 0 heterocycles. The Morgan fingerprint density at radius 3 is 2.20 bits per heavy atom. The maximum Gasteiger partial charge on any atom is 0.311 e. The van der Waals surface area contributed by atoms with Gasteiger partial charge in [-0.1, -0.05) is 13.8 Å². The van der Waals surface area contributed by atoms with Crippen LogP contribution < -0.4 is 0 Å². The van der Waals surface area contributed by atoms with Gasteiger partial charge in [0.05, 0.1) is 11.2 Å². The second-order valence-corrected chi connectivity index (χ2v) is 6.58. The average molecular weight is 236 g/mol. The van der Waals surface area contributed by atoms with Crippen LogP contribution in [0.3, 0.4) is 0 Å². The molecule has 0 aliphatic rings. The van der Waals surface area contributed by atoms with Gasteiger partial charge < -0.3 is 4.74 Å². The van der Waals surface area contributed by atoms with Gasteiger partial charge in [0.1, 0.15) is 6.61 Å². The third-order valence-electron chi connectivity index (χ3n) is 2.50. The van der Waals surface area contributed by atoms with Crippen LogP contribution in [-0.2, 0) is 19.4 Å². The highest BCUT2D eigenvalue weighted by Gasteiger charge is 2.27. The molecule has 15 heavy (non-hydrogen) atoms. The van der Waals surface area contributed by atoms with E-state index in [1.54, 1.807) is 20.8 Å². The van der Waals surface area contributed by atoms with Crippen molar-refractivity contribution in [3.05, 3.63) is 0 Å². The lowest BCUT2D eigenvalue weighted by atomic mass is 9.91. The fourth-order valence-electron chi connectivity index (χ4n) is 0.745. The van der Waals surface area contributed by atoms with E-state index >= 15 is 0 Å². The van der Waals surface area contributed by atoms with Crippen molar-refractivity contribution < 1.29 is 17.9 Å². The predicted molar refractivity (Wildman–Crippen MR) is 59.4 cm³/mol. The zero-order valence-corrected chi connectivity index (χ0v) is 10.7. The number of rotatable bonds is 6. The van der Waals surface area contributed by atoms with Crippen LogP contribution in [0.4, 0.5) is 0 Å². The number of hydrogen-bond donors (Lipinski definition) is 0. The molecule has 0 aromatic carbocycles. The maximum atomic E-state index is 11.5. The summed E-state index contributed by atoms with van der Waals surface area (Å²) in [5.41, 5.74) is -0.532. The quantitative estimate of drug-likeness (QED) is 0.654. The maximum absolute atomic E-state index is 11.5. The number of esters is 1. The van der Waals surface area contributed by atoms with Crippen molar-refractivity contribution in [1.29, 1.82) is 0 Å². The van der Waals surface area contributed by atoms with E-state index < -0.39 is 15.3 Å². The molecule has 0 radical (unpaired) electrons. The average Bonchev–Trinajstić information content (AvgIpc) is 2.17. The Morgan fingerprint density at radius 2 is 1.80 bits per heavy atom. The number of carbonyl (C=O) groups is 1. The molecule has 0 aliphatic heterocycles. The van der Waals surface area contributed by atoms with Crippen LogP contribution in [0.15, 0.2) is 0 Å². The molecule has 4 nitrogen and oxygen atoms in total. The molecule has 0 N–H and O–H groups in total. The molecule has 0 atom stereocenters. The Balaban J connectivity index is 4.04. The first-order valence-electron chi connectivity index (χ1n) is 5.13. The standard InChI is InChI=1S/C10H20O4S/c1-5-10(3,4)9(11)14-7-8-15(12,13)6-2/h5-8H2,1-4H3. The van der Waals surface area contributed by atoms with Gasteiger partial charge in [0.2, 0.25) is 0 Å². The van der Waals surface area contributed by atoms with E-state index in [0.29, 0.717) is 6.42 Å². The molecule has 0 saturated heterocycles. The molecule has 0 aromatic heterocycles. The van der Waals surface area contributed by atoms with Gasteiger partial charge in [-0.15, -0.1) is 0 Å². The van der Waals surface area contributed by atoms with E-state index in [-0.39, 0.29) is 24.1 Å². The first-order chi connectivity index (χ1) is 6.75. The lowest BCUT2D eigenvalue weighted by Gasteiger charge is -2.20. The Bertz CT molecular complexity index is 303. The van der Waals surface area contributed by atoms with Crippen LogP contribution in [0.5, 0.6) is 0 Å². The molecule has 0 bridgehead atoms. The number of carbonyl (C=O) groups excluding carboxylic acids is 1. The van der Waals surface area contributed by atoms with Gasteiger partial charge in [0, 0.05) is 5.75 Å². The zero-order valence-electron chi connectivity index (χ0n) is 9.87. The van der Waals surface area contributed by atoms with Gasteiger partial charge in [0.15, 0.2) is 9.84 Å². The Labute approximate surface area is 91.9 Å². The van der Waals surface area contributed by atoms with Gasteiger partial charge in [-0.25, -0.2) is 8.42 Å². The molecule has 0 spiro atoms. The molecule has 0 aromatic rings. The monoisotopic (exact) mass is 236 g/mol. The normalized spacial score (nSPS) is 12.5. The molecule has 0 unspecified atom stereocenters. The van der Waals surface area contributed by atoms with Crippen molar-refractivity contribution in [1.82, 2.24) is 0 Å². The van der Waals surface area contributed by atoms with Crippen LogP contribution in [0.1, 0.15) is 34.1 Å². The minimum atomic E-state index is -3.04. The van der Waals surface area contributed by atoms with Gasteiger partial charge in [-0.05, 0) is 20.3 Å². The van der Waals surface area contributed by atoms with Crippen molar-refractivity contribution in [3.8, 4) is 0 Å². The molecule has 0 amide bonds. The summed E-state index contributed by atoms with van der Waals surface area (Å²) in [6.45, 7) is 6.99. The lowest BCUT2D eigenvalue weighted by molar-refractivity contribution is -0.153. The van der Waals surface area contributed by atoms with Gasteiger partial charge in [-0.3, -0.25) is 4.79 Å². The van der Waals surface area contributed by atoms with E-state index in [9.17, 15) is 13.2 Å². The molecule has 5 heteroatoms. The van der Waals surface area contributed by atoms with Crippen molar-refractivity contribution in [3.63, 3.8) is 0 Å².